The van der Waals surface area contributed by atoms with E-state index in [9.17, 15) is 18.0 Å². The van der Waals surface area contributed by atoms with Crippen LogP contribution in [-0.4, -0.2) is 18.1 Å². The Hall–Kier alpha value is -2.23. The molecule has 4 nitrogen and oxygen atoms in total. The van der Waals surface area contributed by atoms with E-state index in [1.165, 1.54) is 0 Å². The third kappa shape index (κ3) is 4.65. The molecule has 7 heteroatoms. The van der Waals surface area contributed by atoms with Crippen molar-refractivity contribution >= 4 is 5.91 Å². The van der Waals surface area contributed by atoms with E-state index in [1.807, 2.05) is 6.07 Å². The van der Waals surface area contributed by atoms with Gasteiger partial charge in [-0.25, -0.2) is 0 Å². The van der Waals surface area contributed by atoms with Gasteiger partial charge in [-0.2, -0.15) is 18.4 Å². The summed E-state index contributed by atoms with van der Waals surface area (Å²) in [7, 11) is 0. The number of nitrogens with one attached hydrogen (secondary N) is 1. The summed E-state index contributed by atoms with van der Waals surface area (Å²) in [6.07, 6.45) is -4.41. The highest BCUT2D eigenvalue weighted by atomic mass is 19.4. The third-order valence-electron chi connectivity index (χ3n) is 3.34. The topological polar surface area (TPSA) is 62.1 Å². The van der Waals surface area contributed by atoms with Crippen molar-refractivity contribution in [1.29, 1.82) is 5.26 Å². The summed E-state index contributed by atoms with van der Waals surface area (Å²) in [6.45, 7) is 4.80. The van der Waals surface area contributed by atoms with Crippen LogP contribution in [0.15, 0.2) is 24.3 Å². The number of carbonyl (C=O) groups is 1. The van der Waals surface area contributed by atoms with E-state index in [2.05, 4.69) is 5.32 Å². The molecule has 120 valence electrons. The predicted molar refractivity (Wildman–Crippen MR) is 73.9 cm³/mol. The summed E-state index contributed by atoms with van der Waals surface area (Å²) < 4.78 is 42.3. The van der Waals surface area contributed by atoms with E-state index in [4.69, 9.17) is 10.00 Å². The number of rotatable bonds is 5. The molecule has 0 saturated carbocycles. The summed E-state index contributed by atoms with van der Waals surface area (Å²) >= 11 is 0. The second-order valence-corrected chi connectivity index (χ2v) is 5.33. The third-order valence-corrected chi connectivity index (χ3v) is 3.34. The first-order valence-electron chi connectivity index (χ1n) is 6.61. The standard InChI is InChI=1S/C15H17F3N2O2/c1-10(2)14(3,9-19)20-13(21)8-22-12-6-4-11(5-7-12)15(16,17)18/h4-7,10H,8H2,1-3H3,(H,20,21)/t14-/m0/s1. The van der Waals surface area contributed by atoms with Crippen LogP contribution in [-0.2, 0) is 11.0 Å². The van der Waals surface area contributed by atoms with Gasteiger partial charge in [-0.1, -0.05) is 13.8 Å². The van der Waals surface area contributed by atoms with Gasteiger partial charge in [0.25, 0.3) is 5.91 Å². The highest BCUT2D eigenvalue weighted by Crippen LogP contribution is 2.30. The maximum Gasteiger partial charge on any atom is 0.416 e. The Balaban J connectivity index is 2.60. The van der Waals surface area contributed by atoms with Gasteiger partial charge in [0.1, 0.15) is 11.3 Å². The van der Waals surface area contributed by atoms with E-state index in [0.29, 0.717) is 0 Å². The molecule has 0 radical (unpaired) electrons. The number of nitrogens with zero attached hydrogens (tertiary/aromatic N) is 1. The minimum Gasteiger partial charge on any atom is -0.484 e. The van der Waals surface area contributed by atoms with Crippen LogP contribution in [0.4, 0.5) is 13.2 Å². The zero-order chi connectivity index (χ0) is 17.0. The Morgan fingerprint density at radius 3 is 2.27 bits per heavy atom. The highest BCUT2D eigenvalue weighted by molar-refractivity contribution is 5.78. The van der Waals surface area contributed by atoms with Crippen LogP contribution in [0.1, 0.15) is 26.3 Å². The lowest BCUT2D eigenvalue weighted by atomic mass is 9.90. The second-order valence-electron chi connectivity index (χ2n) is 5.33. The van der Waals surface area contributed by atoms with Crippen LogP contribution in [0.3, 0.4) is 0 Å². The number of nitriles is 1. The van der Waals surface area contributed by atoms with Crippen molar-refractivity contribution in [2.45, 2.75) is 32.5 Å². The van der Waals surface area contributed by atoms with E-state index >= 15 is 0 Å². The van der Waals surface area contributed by atoms with Crippen LogP contribution in [0.5, 0.6) is 5.75 Å². The molecule has 1 N–H and O–H groups in total. The summed E-state index contributed by atoms with van der Waals surface area (Å²) in [4.78, 5) is 11.8. The lowest BCUT2D eigenvalue weighted by Gasteiger charge is -2.27. The molecule has 1 atom stereocenters. The van der Waals surface area contributed by atoms with Crippen LogP contribution in [0.25, 0.3) is 0 Å². The van der Waals surface area contributed by atoms with Crippen LogP contribution in [0, 0.1) is 17.2 Å². The number of ether oxygens (including phenoxy) is 1. The van der Waals surface area contributed by atoms with Crippen LogP contribution >= 0.6 is 0 Å². The fourth-order valence-corrected chi connectivity index (χ4v) is 1.52. The molecule has 1 aromatic rings. The van der Waals surface area contributed by atoms with Gasteiger partial charge >= 0.3 is 6.18 Å². The summed E-state index contributed by atoms with van der Waals surface area (Å²) in [5.74, 6) is -0.475. The molecule has 0 fully saturated rings. The number of hydrogen-bond donors (Lipinski definition) is 1. The number of benzene rings is 1. The number of hydrogen-bond acceptors (Lipinski definition) is 3. The van der Waals surface area contributed by atoms with E-state index < -0.39 is 23.2 Å². The molecule has 1 aromatic carbocycles. The number of alkyl halides is 3. The zero-order valence-electron chi connectivity index (χ0n) is 12.5. The molecule has 0 unspecified atom stereocenters. The Morgan fingerprint density at radius 1 is 1.32 bits per heavy atom. The van der Waals surface area contributed by atoms with Crippen molar-refractivity contribution in [3.63, 3.8) is 0 Å². The molecule has 1 rings (SSSR count). The largest absolute Gasteiger partial charge is 0.484 e. The SMILES string of the molecule is CC(C)[C@](C)(C#N)NC(=O)COc1ccc(C(F)(F)F)cc1. The van der Waals surface area contributed by atoms with E-state index in [0.717, 1.165) is 24.3 Å². The van der Waals surface area contributed by atoms with E-state index in [-0.39, 0.29) is 18.3 Å². The summed E-state index contributed by atoms with van der Waals surface area (Å²) in [6, 6.07) is 6.05. The monoisotopic (exact) mass is 314 g/mol. The first-order chi connectivity index (χ1) is 10.1. The van der Waals surface area contributed by atoms with Gasteiger partial charge in [0.05, 0.1) is 11.6 Å². The average molecular weight is 314 g/mol. The molecular formula is C15H17F3N2O2. The molecule has 0 aliphatic carbocycles. The molecular weight excluding hydrogens is 297 g/mol. The van der Waals surface area contributed by atoms with Crippen LogP contribution < -0.4 is 10.1 Å². The summed E-state index contributed by atoms with van der Waals surface area (Å²) in [5.41, 5.74) is -1.82. The number of amides is 1. The van der Waals surface area contributed by atoms with Gasteiger partial charge in [0, 0.05) is 0 Å². The summed E-state index contributed by atoms with van der Waals surface area (Å²) in [5, 5.41) is 11.6. The molecule has 0 heterocycles. The number of carbonyl (C=O) groups excluding carboxylic acids is 1. The molecule has 0 spiro atoms. The van der Waals surface area contributed by atoms with Crippen molar-refractivity contribution in [3.8, 4) is 11.8 Å². The molecule has 1 amide bonds. The van der Waals surface area contributed by atoms with Crippen molar-refractivity contribution < 1.29 is 22.7 Å². The van der Waals surface area contributed by atoms with Crippen molar-refractivity contribution in [3.05, 3.63) is 29.8 Å². The Labute approximate surface area is 126 Å². The fourth-order valence-electron chi connectivity index (χ4n) is 1.52. The van der Waals surface area contributed by atoms with Crippen molar-refractivity contribution in [2.75, 3.05) is 6.61 Å². The molecule has 0 bridgehead atoms. The van der Waals surface area contributed by atoms with Gasteiger partial charge in [0.15, 0.2) is 6.61 Å². The lowest BCUT2D eigenvalue weighted by Crippen LogP contribution is -2.50. The van der Waals surface area contributed by atoms with Gasteiger partial charge in [0.2, 0.25) is 0 Å². The first kappa shape index (κ1) is 17.8. The average Bonchev–Trinajstić information content (AvgIpc) is 2.44. The normalized spacial score (nSPS) is 14.1. The smallest absolute Gasteiger partial charge is 0.416 e. The van der Waals surface area contributed by atoms with Gasteiger partial charge < -0.3 is 10.1 Å². The Bertz CT molecular complexity index is 562. The first-order valence-corrected chi connectivity index (χ1v) is 6.61. The predicted octanol–water partition coefficient (Wildman–Crippen LogP) is 3.14. The molecule has 0 aromatic heterocycles. The minimum absolute atomic E-state index is 0.104. The highest BCUT2D eigenvalue weighted by Gasteiger charge is 2.31. The van der Waals surface area contributed by atoms with Crippen molar-refractivity contribution in [2.24, 2.45) is 5.92 Å². The van der Waals surface area contributed by atoms with Crippen molar-refractivity contribution in [1.82, 2.24) is 5.32 Å². The van der Waals surface area contributed by atoms with Gasteiger partial charge in [-0.15, -0.1) is 0 Å². The maximum atomic E-state index is 12.4. The molecule has 0 saturated heterocycles. The minimum atomic E-state index is -4.41. The Morgan fingerprint density at radius 2 is 1.86 bits per heavy atom. The lowest BCUT2D eigenvalue weighted by molar-refractivity contribution is -0.137. The maximum absolute atomic E-state index is 12.4. The molecule has 22 heavy (non-hydrogen) atoms. The van der Waals surface area contributed by atoms with Gasteiger partial charge in [-0.05, 0) is 37.1 Å². The van der Waals surface area contributed by atoms with Crippen LogP contribution in [0.2, 0.25) is 0 Å². The second kappa shape index (κ2) is 6.69. The molecule has 0 aliphatic rings. The number of halogens is 3. The zero-order valence-corrected chi connectivity index (χ0v) is 12.5. The van der Waals surface area contributed by atoms with Gasteiger partial charge in [-0.3, -0.25) is 4.79 Å². The van der Waals surface area contributed by atoms with E-state index in [1.54, 1.807) is 20.8 Å². The molecule has 0 aliphatic heterocycles. The quantitative estimate of drug-likeness (QED) is 0.908. The fraction of sp³-hybridized carbons (Fsp3) is 0.467. The Kier molecular flexibility index (Phi) is 5.42.